The standard InChI is InChI=1S/C17H28N2S/c1-4-10-19-11-6-7-15(13-19)14(2)18-16-8-5-9-17(12-16)20-3/h5,8-9,12,14-15,18H,4,6-7,10-11,13H2,1-3H3. The molecule has 2 unspecified atom stereocenters. The summed E-state index contributed by atoms with van der Waals surface area (Å²) < 4.78 is 0. The Morgan fingerprint density at radius 2 is 2.30 bits per heavy atom. The molecule has 1 aliphatic rings. The van der Waals surface area contributed by atoms with E-state index in [2.05, 4.69) is 54.6 Å². The van der Waals surface area contributed by atoms with Gasteiger partial charge in [0.1, 0.15) is 0 Å². The molecule has 1 N–H and O–H groups in total. The van der Waals surface area contributed by atoms with E-state index in [0.717, 1.165) is 5.92 Å². The molecule has 2 rings (SSSR count). The highest BCUT2D eigenvalue weighted by atomic mass is 32.2. The van der Waals surface area contributed by atoms with Crippen molar-refractivity contribution in [3.05, 3.63) is 24.3 Å². The van der Waals surface area contributed by atoms with Gasteiger partial charge in [-0.15, -0.1) is 11.8 Å². The third-order valence-electron chi connectivity index (χ3n) is 4.25. The highest BCUT2D eigenvalue weighted by Gasteiger charge is 2.24. The number of thioether (sulfide) groups is 1. The summed E-state index contributed by atoms with van der Waals surface area (Å²) in [5.41, 5.74) is 1.26. The van der Waals surface area contributed by atoms with Gasteiger partial charge in [-0.2, -0.15) is 0 Å². The maximum atomic E-state index is 3.71. The van der Waals surface area contributed by atoms with E-state index in [9.17, 15) is 0 Å². The fourth-order valence-electron chi connectivity index (χ4n) is 3.11. The number of anilines is 1. The van der Waals surface area contributed by atoms with Crippen molar-refractivity contribution < 1.29 is 0 Å². The first-order chi connectivity index (χ1) is 9.72. The largest absolute Gasteiger partial charge is 0.382 e. The molecule has 0 spiro atoms. The smallest absolute Gasteiger partial charge is 0.0353 e. The van der Waals surface area contributed by atoms with Crippen molar-refractivity contribution in [2.45, 2.75) is 44.0 Å². The molecule has 0 amide bonds. The van der Waals surface area contributed by atoms with Gasteiger partial charge in [-0.1, -0.05) is 13.0 Å². The highest BCUT2D eigenvalue weighted by molar-refractivity contribution is 7.98. The second-order valence-corrected chi connectivity index (χ2v) is 6.75. The van der Waals surface area contributed by atoms with Crippen LogP contribution in [0.3, 0.4) is 0 Å². The van der Waals surface area contributed by atoms with Crippen LogP contribution in [0.4, 0.5) is 5.69 Å². The lowest BCUT2D eigenvalue weighted by atomic mass is 9.91. The number of hydrogen-bond donors (Lipinski definition) is 1. The normalized spacial score (nSPS) is 21.6. The predicted octanol–water partition coefficient (Wildman–Crippen LogP) is 4.33. The van der Waals surface area contributed by atoms with Crippen molar-refractivity contribution in [2.75, 3.05) is 31.2 Å². The number of benzene rings is 1. The summed E-state index contributed by atoms with van der Waals surface area (Å²) in [7, 11) is 0. The molecule has 1 aliphatic heterocycles. The van der Waals surface area contributed by atoms with Gasteiger partial charge in [-0.05, 0) is 69.6 Å². The number of nitrogens with one attached hydrogen (secondary N) is 1. The number of likely N-dealkylation sites (tertiary alicyclic amines) is 1. The van der Waals surface area contributed by atoms with E-state index in [4.69, 9.17) is 0 Å². The van der Waals surface area contributed by atoms with E-state index in [1.54, 1.807) is 11.8 Å². The minimum Gasteiger partial charge on any atom is -0.382 e. The zero-order valence-electron chi connectivity index (χ0n) is 13.1. The molecule has 20 heavy (non-hydrogen) atoms. The van der Waals surface area contributed by atoms with Crippen molar-refractivity contribution in [1.29, 1.82) is 0 Å². The molecular formula is C17H28N2S. The molecule has 0 saturated carbocycles. The summed E-state index contributed by atoms with van der Waals surface area (Å²) in [4.78, 5) is 3.96. The van der Waals surface area contributed by atoms with Crippen LogP contribution in [0.2, 0.25) is 0 Å². The SMILES string of the molecule is CCCN1CCCC(C(C)Nc2cccc(SC)c2)C1. The molecule has 0 aliphatic carbocycles. The van der Waals surface area contributed by atoms with Gasteiger partial charge in [0.05, 0.1) is 0 Å². The van der Waals surface area contributed by atoms with Crippen molar-refractivity contribution in [3.8, 4) is 0 Å². The summed E-state index contributed by atoms with van der Waals surface area (Å²) >= 11 is 1.80. The monoisotopic (exact) mass is 292 g/mol. The van der Waals surface area contributed by atoms with Crippen LogP contribution < -0.4 is 5.32 Å². The minimum atomic E-state index is 0.548. The Hall–Kier alpha value is -0.670. The fourth-order valence-corrected chi connectivity index (χ4v) is 3.57. The Morgan fingerprint density at radius 3 is 3.05 bits per heavy atom. The zero-order valence-corrected chi connectivity index (χ0v) is 13.9. The van der Waals surface area contributed by atoms with Gasteiger partial charge in [0, 0.05) is 23.2 Å². The summed E-state index contributed by atoms with van der Waals surface area (Å²) in [6.07, 6.45) is 6.11. The minimum absolute atomic E-state index is 0.548. The van der Waals surface area contributed by atoms with Gasteiger partial charge in [0.15, 0.2) is 0 Å². The van der Waals surface area contributed by atoms with E-state index >= 15 is 0 Å². The second-order valence-electron chi connectivity index (χ2n) is 5.87. The van der Waals surface area contributed by atoms with Crippen molar-refractivity contribution >= 4 is 17.4 Å². The summed E-state index contributed by atoms with van der Waals surface area (Å²) in [6.45, 7) is 8.42. The second kappa shape index (κ2) is 7.94. The van der Waals surface area contributed by atoms with Gasteiger partial charge in [-0.3, -0.25) is 0 Å². The Labute approximate surface area is 128 Å². The van der Waals surface area contributed by atoms with Crippen LogP contribution >= 0.6 is 11.8 Å². The number of piperidine rings is 1. The predicted molar refractivity (Wildman–Crippen MR) is 90.8 cm³/mol. The highest BCUT2D eigenvalue weighted by Crippen LogP contribution is 2.24. The first-order valence-electron chi connectivity index (χ1n) is 7.86. The third-order valence-corrected chi connectivity index (χ3v) is 4.98. The molecule has 1 aromatic rings. The van der Waals surface area contributed by atoms with Gasteiger partial charge in [0.2, 0.25) is 0 Å². The van der Waals surface area contributed by atoms with Crippen molar-refractivity contribution in [2.24, 2.45) is 5.92 Å². The average Bonchev–Trinajstić information content (AvgIpc) is 2.48. The van der Waals surface area contributed by atoms with Crippen LogP contribution in [0.1, 0.15) is 33.1 Å². The molecule has 112 valence electrons. The summed E-state index contributed by atoms with van der Waals surface area (Å²) in [5, 5.41) is 3.71. The summed E-state index contributed by atoms with van der Waals surface area (Å²) in [6, 6.07) is 9.30. The molecule has 2 atom stereocenters. The van der Waals surface area contributed by atoms with Gasteiger partial charge >= 0.3 is 0 Å². The van der Waals surface area contributed by atoms with Crippen LogP contribution in [0.25, 0.3) is 0 Å². The lowest BCUT2D eigenvalue weighted by Gasteiger charge is -2.36. The first-order valence-corrected chi connectivity index (χ1v) is 9.08. The molecule has 0 bridgehead atoms. The number of hydrogen-bond acceptors (Lipinski definition) is 3. The molecule has 3 heteroatoms. The molecule has 0 radical (unpaired) electrons. The average molecular weight is 292 g/mol. The first kappa shape index (κ1) is 15.7. The van der Waals surface area contributed by atoms with Gasteiger partial charge in [0.25, 0.3) is 0 Å². The lowest BCUT2D eigenvalue weighted by Crippen LogP contribution is -2.42. The van der Waals surface area contributed by atoms with Gasteiger partial charge < -0.3 is 10.2 Å². The van der Waals surface area contributed by atoms with E-state index in [1.807, 2.05) is 0 Å². The molecule has 2 nitrogen and oxygen atoms in total. The summed E-state index contributed by atoms with van der Waals surface area (Å²) in [5.74, 6) is 0.772. The Balaban J connectivity index is 1.91. The molecule has 1 fully saturated rings. The lowest BCUT2D eigenvalue weighted by molar-refractivity contribution is 0.165. The fraction of sp³-hybridized carbons (Fsp3) is 0.647. The van der Waals surface area contributed by atoms with E-state index < -0.39 is 0 Å². The topological polar surface area (TPSA) is 15.3 Å². The maximum absolute atomic E-state index is 3.71. The van der Waals surface area contributed by atoms with E-state index in [0.29, 0.717) is 6.04 Å². The van der Waals surface area contributed by atoms with Crippen molar-refractivity contribution in [3.63, 3.8) is 0 Å². The van der Waals surface area contributed by atoms with Crippen molar-refractivity contribution in [1.82, 2.24) is 4.90 Å². The van der Waals surface area contributed by atoms with Crippen LogP contribution in [0.5, 0.6) is 0 Å². The van der Waals surface area contributed by atoms with Crippen LogP contribution in [0.15, 0.2) is 29.2 Å². The molecule has 1 aromatic carbocycles. The molecular weight excluding hydrogens is 264 g/mol. The van der Waals surface area contributed by atoms with Crippen LogP contribution in [0, 0.1) is 5.92 Å². The van der Waals surface area contributed by atoms with Crippen LogP contribution in [-0.2, 0) is 0 Å². The Morgan fingerprint density at radius 1 is 1.45 bits per heavy atom. The van der Waals surface area contributed by atoms with E-state index in [1.165, 1.54) is 49.5 Å². The molecule has 1 heterocycles. The Bertz CT molecular complexity index is 406. The van der Waals surface area contributed by atoms with Gasteiger partial charge in [-0.25, -0.2) is 0 Å². The molecule has 1 saturated heterocycles. The zero-order chi connectivity index (χ0) is 14.4. The Kier molecular flexibility index (Phi) is 6.24. The number of rotatable bonds is 6. The maximum Gasteiger partial charge on any atom is 0.0353 e. The van der Waals surface area contributed by atoms with Crippen LogP contribution in [-0.4, -0.2) is 36.8 Å². The third kappa shape index (κ3) is 4.42. The number of nitrogens with zero attached hydrogens (tertiary/aromatic N) is 1. The quantitative estimate of drug-likeness (QED) is 0.786. The van der Waals surface area contributed by atoms with E-state index in [-0.39, 0.29) is 0 Å². The molecule has 0 aromatic heterocycles.